The van der Waals surface area contributed by atoms with Crippen LogP contribution in [-0.2, 0) is 4.74 Å². The molecule has 0 unspecified atom stereocenters. The molecule has 6 heteroatoms. The Bertz CT molecular complexity index is 1050. The molecule has 0 aliphatic carbocycles. The second-order valence-electron chi connectivity index (χ2n) is 6.97. The zero-order valence-electron chi connectivity index (χ0n) is 16.7. The van der Waals surface area contributed by atoms with E-state index in [2.05, 4.69) is 19.2 Å². The summed E-state index contributed by atoms with van der Waals surface area (Å²) in [5, 5.41) is 3.91. The molecule has 4 nitrogen and oxygen atoms in total. The number of esters is 1. The summed E-state index contributed by atoms with van der Waals surface area (Å²) in [6.07, 6.45) is 0. The van der Waals surface area contributed by atoms with Gasteiger partial charge in [-0.2, -0.15) is 0 Å². The van der Waals surface area contributed by atoms with E-state index in [1.54, 1.807) is 24.3 Å². The number of benzene rings is 2. The summed E-state index contributed by atoms with van der Waals surface area (Å²) in [5.41, 5.74) is 3.54. The lowest BCUT2D eigenvalue weighted by molar-refractivity contribution is 0.0603. The summed E-state index contributed by atoms with van der Waals surface area (Å²) in [6.45, 7) is 6.10. The highest BCUT2D eigenvalue weighted by Gasteiger charge is 2.25. The third-order valence-corrected chi connectivity index (χ3v) is 5.91. The first kappa shape index (κ1) is 21.1. The van der Waals surface area contributed by atoms with Crippen molar-refractivity contribution in [3.05, 3.63) is 75.1 Å². The Morgan fingerprint density at radius 2 is 1.79 bits per heavy atom. The Balaban J connectivity index is 2.00. The first-order valence-electron chi connectivity index (χ1n) is 9.20. The lowest BCUT2D eigenvalue weighted by atomic mass is 10.0. The third-order valence-electron chi connectivity index (χ3n) is 4.65. The zero-order valence-corrected chi connectivity index (χ0v) is 18.3. The molecule has 0 bridgehead atoms. The van der Waals surface area contributed by atoms with E-state index in [1.807, 2.05) is 31.2 Å². The Kier molecular flexibility index (Phi) is 6.40. The summed E-state index contributed by atoms with van der Waals surface area (Å²) in [5.74, 6) is -0.391. The van der Waals surface area contributed by atoms with Gasteiger partial charge in [-0.15, -0.1) is 11.3 Å². The molecule has 2 aromatic carbocycles. The van der Waals surface area contributed by atoms with Gasteiger partial charge in [0.05, 0.1) is 7.11 Å². The van der Waals surface area contributed by atoms with Gasteiger partial charge in [-0.05, 0) is 48.2 Å². The van der Waals surface area contributed by atoms with Crippen LogP contribution in [0, 0.1) is 6.92 Å². The molecule has 0 fully saturated rings. The van der Waals surface area contributed by atoms with Gasteiger partial charge in [0.25, 0.3) is 5.91 Å². The van der Waals surface area contributed by atoms with Crippen LogP contribution in [0.3, 0.4) is 0 Å². The van der Waals surface area contributed by atoms with Gasteiger partial charge in [0.2, 0.25) is 0 Å². The minimum atomic E-state index is -0.505. The van der Waals surface area contributed by atoms with Crippen molar-refractivity contribution >= 4 is 39.8 Å². The lowest BCUT2D eigenvalue weighted by Crippen LogP contribution is -2.14. The number of nitrogens with one attached hydrogen (secondary N) is 1. The number of methoxy groups -OCH3 is 1. The van der Waals surface area contributed by atoms with Crippen LogP contribution in [-0.4, -0.2) is 19.0 Å². The van der Waals surface area contributed by atoms with E-state index < -0.39 is 5.97 Å². The van der Waals surface area contributed by atoms with Crippen molar-refractivity contribution < 1.29 is 14.3 Å². The predicted octanol–water partition coefficient (Wildman–Crippen LogP) is 6.54. The average molecular weight is 428 g/mol. The van der Waals surface area contributed by atoms with E-state index >= 15 is 0 Å². The highest BCUT2D eigenvalue weighted by Crippen LogP contribution is 2.41. The van der Waals surface area contributed by atoms with Crippen molar-refractivity contribution in [3.63, 3.8) is 0 Å². The van der Waals surface area contributed by atoms with E-state index in [1.165, 1.54) is 18.4 Å². The molecule has 1 aromatic heterocycles. The maximum Gasteiger partial charge on any atom is 0.341 e. The Hall–Kier alpha value is -2.63. The van der Waals surface area contributed by atoms with Gasteiger partial charge in [-0.25, -0.2) is 4.79 Å². The fraction of sp³-hybridized carbons (Fsp3) is 0.217. The summed E-state index contributed by atoms with van der Waals surface area (Å²) in [6, 6.07) is 14.7. The van der Waals surface area contributed by atoms with Crippen molar-refractivity contribution in [2.45, 2.75) is 26.7 Å². The third kappa shape index (κ3) is 4.52. The second kappa shape index (κ2) is 8.80. The van der Waals surface area contributed by atoms with E-state index in [9.17, 15) is 9.59 Å². The molecule has 1 amide bonds. The van der Waals surface area contributed by atoms with E-state index in [4.69, 9.17) is 16.3 Å². The van der Waals surface area contributed by atoms with E-state index in [-0.39, 0.29) is 5.91 Å². The topological polar surface area (TPSA) is 55.4 Å². The quantitative estimate of drug-likeness (QED) is 0.470. The number of halogens is 1. The Morgan fingerprint density at radius 1 is 1.10 bits per heavy atom. The highest BCUT2D eigenvalue weighted by molar-refractivity contribution is 7.17. The monoisotopic (exact) mass is 427 g/mol. The molecular weight excluding hydrogens is 406 g/mol. The van der Waals surface area contributed by atoms with Gasteiger partial charge in [0, 0.05) is 21.0 Å². The molecule has 0 aliphatic rings. The van der Waals surface area contributed by atoms with Gasteiger partial charge in [-0.1, -0.05) is 49.7 Å². The molecule has 3 aromatic rings. The number of anilines is 1. The van der Waals surface area contributed by atoms with Gasteiger partial charge in [-0.3, -0.25) is 4.79 Å². The first-order chi connectivity index (χ1) is 13.8. The minimum Gasteiger partial charge on any atom is -0.465 e. The maximum absolute atomic E-state index is 12.8. The van der Waals surface area contributed by atoms with Crippen molar-refractivity contribution in [2.75, 3.05) is 12.4 Å². The fourth-order valence-corrected chi connectivity index (χ4v) is 4.37. The number of hydrogen-bond acceptors (Lipinski definition) is 4. The molecule has 1 heterocycles. The smallest absolute Gasteiger partial charge is 0.341 e. The molecular formula is C23H22ClNO3S. The second-order valence-corrected chi connectivity index (χ2v) is 8.63. The Morgan fingerprint density at radius 3 is 2.38 bits per heavy atom. The van der Waals surface area contributed by atoms with Crippen LogP contribution in [0.5, 0.6) is 0 Å². The molecule has 0 atom stereocenters. The van der Waals surface area contributed by atoms with Crippen LogP contribution in [0.25, 0.3) is 11.1 Å². The predicted molar refractivity (Wildman–Crippen MR) is 119 cm³/mol. The standard InChI is InChI=1S/C23H22ClNO3S/c1-13(2)15-8-10-16(11-9-15)21(26)25-22-20(23(27)28-4)19(14(3)29-22)17-6-5-7-18(24)12-17/h5-13H,1-4H3,(H,25,26). The summed E-state index contributed by atoms with van der Waals surface area (Å²) in [7, 11) is 1.33. The lowest BCUT2D eigenvalue weighted by Gasteiger charge is -2.09. The number of amides is 1. The SMILES string of the molecule is COC(=O)c1c(NC(=O)c2ccc(C(C)C)cc2)sc(C)c1-c1cccc(Cl)c1. The number of aryl methyl sites for hydroxylation is 1. The molecule has 0 saturated carbocycles. The van der Waals surface area contributed by atoms with Crippen molar-refractivity contribution in [1.82, 2.24) is 0 Å². The largest absolute Gasteiger partial charge is 0.465 e. The summed E-state index contributed by atoms with van der Waals surface area (Å²) in [4.78, 5) is 26.2. The number of thiophene rings is 1. The van der Waals surface area contributed by atoms with Crippen LogP contribution < -0.4 is 5.32 Å². The number of rotatable bonds is 5. The van der Waals surface area contributed by atoms with Crippen molar-refractivity contribution in [2.24, 2.45) is 0 Å². The highest BCUT2D eigenvalue weighted by atomic mass is 35.5. The van der Waals surface area contributed by atoms with E-state index in [0.717, 1.165) is 21.6 Å². The minimum absolute atomic E-state index is 0.274. The fourth-order valence-electron chi connectivity index (χ4n) is 3.12. The van der Waals surface area contributed by atoms with Crippen LogP contribution in [0.4, 0.5) is 5.00 Å². The van der Waals surface area contributed by atoms with E-state index in [0.29, 0.717) is 27.1 Å². The van der Waals surface area contributed by atoms with Crippen LogP contribution >= 0.6 is 22.9 Å². The van der Waals surface area contributed by atoms with Gasteiger partial charge in [0.1, 0.15) is 10.6 Å². The number of ether oxygens (including phenoxy) is 1. The van der Waals surface area contributed by atoms with Gasteiger partial charge < -0.3 is 10.1 Å². The summed E-state index contributed by atoms with van der Waals surface area (Å²) >= 11 is 7.48. The average Bonchev–Trinajstić information content (AvgIpc) is 3.03. The van der Waals surface area contributed by atoms with Crippen molar-refractivity contribution in [1.29, 1.82) is 0 Å². The molecule has 0 aliphatic heterocycles. The molecule has 1 N–H and O–H groups in total. The summed E-state index contributed by atoms with van der Waals surface area (Å²) < 4.78 is 5.00. The number of carbonyl (C=O) groups excluding carboxylic acids is 2. The maximum atomic E-state index is 12.8. The van der Waals surface area contributed by atoms with Crippen LogP contribution in [0.15, 0.2) is 48.5 Å². The zero-order chi connectivity index (χ0) is 21.1. The Labute approximate surface area is 179 Å². The van der Waals surface area contributed by atoms with Gasteiger partial charge in [0.15, 0.2) is 0 Å². The first-order valence-corrected chi connectivity index (χ1v) is 10.4. The molecule has 3 rings (SSSR count). The van der Waals surface area contributed by atoms with Gasteiger partial charge >= 0.3 is 5.97 Å². The molecule has 0 spiro atoms. The molecule has 0 saturated heterocycles. The molecule has 29 heavy (non-hydrogen) atoms. The molecule has 0 radical (unpaired) electrons. The van der Waals surface area contributed by atoms with Crippen LogP contribution in [0.1, 0.15) is 50.9 Å². The van der Waals surface area contributed by atoms with Crippen molar-refractivity contribution in [3.8, 4) is 11.1 Å². The molecule has 150 valence electrons. The number of carbonyl (C=O) groups is 2. The normalized spacial score (nSPS) is 10.8. The van der Waals surface area contributed by atoms with Crippen LogP contribution in [0.2, 0.25) is 5.02 Å². The number of hydrogen-bond donors (Lipinski definition) is 1.